The first-order valence-corrected chi connectivity index (χ1v) is 13.4. The summed E-state index contributed by atoms with van der Waals surface area (Å²) in [5.74, 6) is 0.175. The van der Waals surface area contributed by atoms with E-state index < -0.39 is 17.6 Å². The van der Waals surface area contributed by atoms with Crippen molar-refractivity contribution in [1.29, 1.82) is 0 Å². The van der Waals surface area contributed by atoms with E-state index in [4.69, 9.17) is 4.74 Å². The quantitative estimate of drug-likeness (QED) is 0.249. The largest absolute Gasteiger partial charge is 0.490 e. The molecule has 0 aliphatic carbocycles. The fourth-order valence-corrected chi connectivity index (χ4v) is 6.02. The van der Waals surface area contributed by atoms with E-state index in [1.165, 1.54) is 43.6 Å². The molecule has 0 radical (unpaired) electrons. The molecule has 1 saturated heterocycles. The van der Waals surface area contributed by atoms with E-state index in [9.17, 15) is 18.0 Å². The Bertz CT molecular complexity index is 1360. The summed E-state index contributed by atoms with van der Waals surface area (Å²) in [6, 6.07) is 23.7. The molecule has 4 nitrogen and oxygen atoms in total. The van der Waals surface area contributed by atoms with Crippen LogP contribution < -0.4 is 4.74 Å². The Labute approximate surface area is 224 Å². The predicted molar refractivity (Wildman–Crippen MR) is 144 cm³/mol. The number of alkyl halides is 3. The van der Waals surface area contributed by atoms with Crippen molar-refractivity contribution < 1.29 is 22.7 Å². The monoisotopic (exact) mass is 538 g/mol. The Morgan fingerprint density at radius 3 is 2.37 bits per heavy atom. The Morgan fingerprint density at radius 1 is 0.974 bits per heavy atom. The highest BCUT2D eigenvalue weighted by molar-refractivity contribution is 7.19. The van der Waals surface area contributed by atoms with Crippen molar-refractivity contribution in [3.05, 3.63) is 100 Å². The second kappa shape index (κ2) is 11.2. The molecule has 4 aromatic rings. The highest BCUT2D eigenvalue weighted by Crippen LogP contribution is 2.33. The molecule has 1 aliphatic heterocycles. The normalized spacial score (nSPS) is 14.8. The number of hydrogen-bond donors (Lipinski definition) is 0. The average molecular weight is 539 g/mol. The number of ether oxygens (including phenoxy) is 1. The summed E-state index contributed by atoms with van der Waals surface area (Å²) in [7, 11) is 2.11. The van der Waals surface area contributed by atoms with E-state index >= 15 is 0 Å². The third-order valence-corrected chi connectivity index (χ3v) is 7.87. The smallest absolute Gasteiger partial charge is 0.417 e. The van der Waals surface area contributed by atoms with Crippen molar-refractivity contribution in [3.63, 3.8) is 0 Å². The van der Waals surface area contributed by atoms with Gasteiger partial charge in [0.2, 0.25) is 0 Å². The van der Waals surface area contributed by atoms with Gasteiger partial charge in [0.15, 0.2) is 0 Å². The fraction of sp³-hybridized carbons (Fsp3) is 0.300. The zero-order valence-electron chi connectivity index (χ0n) is 21.1. The molecule has 1 amide bonds. The van der Waals surface area contributed by atoms with E-state index in [-0.39, 0.29) is 11.7 Å². The lowest BCUT2D eigenvalue weighted by Crippen LogP contribution is -2.42. The Balaban J connectivity index is 1.11. The molecule has 0 spiro atoms. The van der Waals surface area contributed by atoms with Gasteiger partial charge in [0.05, 0.1) is 11.1 Å². The summed E-state index contributed by atoms with van der Waals surface area (Å²) in [4.78, 5) is 17.9. The number of carbonyl (C=O) groups excluding carboxylic acids is 1. The molecule has 2 heterocycles. The van der Waals surface area contributed by atoms with Crippen LogP contribution in [0, 0.1) is 0 Å². The van der Waals surface area contributed by atoms with Gasteiger partial charge < -0.3 is 9.64 Å². The summed E-state index contributed by atoms with van der Waals surface area (Å²) in [6.45, 7) is 2.41. The summed E-state index contributed by atoms with van der Waals surface area (Å²) in [6.07, 6.45) is -3.51. The van der Waals surface area contributed by atoms with E-state index in [0.717, 1.165) is 24.9 Å². The number of likely N-dealkylation sites (tertiary alicyclic amines) is 1. The first kappa shape index (κ1) is 26.3. The van der Waals surface area contributed by atoms with E-state index in [2.05, 4.69) is 54.4 Å². The standard InChI is InChI=1S/C30H29F3N2O2S/c1-34(20-25-18-22-6-2-5-9-28(22)38-25)19-21-10-12-23(13-11-21)37-24-14-16-35(17-15-24)29(36)26-7-3-4-8-27(26)30(31,32)33/h2-13,18,24H,14-17,19-20H2,1H3. The van der Waals surface area contributed by atoms with Gasteiger partial charge >= 0.3 is 6.18 Å². The van der Waals surface area contributed by atoms with Crippen LogP contribution in [-0.2, 0) is 19.3 Å². The minimum atomic E-state index is -4.56. The number of piperidine rings is 1. The summed E-state index contributed by atoms with van der Waals surface area (Å²) >= 11 is 1.82. The second-order valence-corrected chi connectivity index (χ2v) is 10.9. The van der Waals surface area contributed by atoms with Gasteiger partial charge in [0.25, 0.3) is 5.91 Å². The lowest BCUT2D eigenvalue weighted by molar-refractivity contribution is -0.138. The molecule has 0 atom stereocenters. The van der Waals surface area contributed by atoms with Crippen LogP contribution in [0.3, 0.4) is 0 Å². The van der Waals surface area contributed by atoms with Crippen LogP contribution in [0.2, 0.25) is 0 Å². The van der Waals surface area contributed by atoms with Crippen LogP contribution in [0.25, 0.3) is 10.1 Å². The van der Waals surface area contributed by atoms with Crippen LogP contribution in [0.5, 0.6) is 5.75 Å². The van der Waals surface area contributed by atoms with Crippen molar-refractivity contribution in [2.75, 3.05) is 20.1 Å². The van der Waals surface area contributed by atoms with Gasteiger partial charge in [-0.3, -0.25) is 9.69 Å². The Hall–Kier alpha value is -3.36. The Morgan fingerprint density at radius 2 is 1.66 bits per heavy atom. The van der Waals surface area contributed by atoms with Crippen molar-refractivity contribution in [2.45, 2.75) is 38.2 Å². The number of fused-ring (bicyclic) bond motifs is 1. The number of thiophene rings is 1. The maximum atomic E-state index is 13.3. The number of rotatable bonds is 7. The van der Waals surface area contributed by atoms with Gasteiger partial charge in [-0.15, -0.1) is 11.3 Å². The van der Waals surface area contributed by atoms with Gasteiger partial charge in [0.1, 0.15) is 11.9 Å². The molecule has 0 bridgehead atoms. The van der Waals surface area contributed by atoms with Crippen molar-refractivity contribution in [2.24, 2.45) is 0 Å². The van der Waals surface area contributed by atoms with Gasteiger partial charge in [-0.1, -0.05) is 42.5 Å². The minimum Gasteiger partial charge on any atom is -0.490 e. The number of halogens is 3. The molecule has 8 heteroatoms. The highest BCUT2D eigenvalue weighted by Gasteiger charge is 2.36. The molecule has 1 fully saturated rings. The Kier molecular flexibility index (Phi) is 7.72. The molecule has 3 aromatic carbocycles. The molecular weight excluding hydrogens is 509 g/mol. The lowest BCUT2D eigenvalue weighted by atomic mass is 10.0. The van der Waals surface area contributed by atoms with Crippen molar-refractivity contribution in [1.82, 2.24) is 9.80 Å². The number of amides is 1. The fourth-order valence-electron chi connectivity index (χ4n) is 4.88. The van der Waals surface area contributed by atoms with Crippen molar-refractivity contribution in [3.8, 4) is 5.75 Å². The first-order valence-electron chi connectivity index (χ1n) is 12.6. The maximum Gasteiger partial charge on any atom is 0.417 e. The third kappa shape index (κ3) is 6.19. The van der Waals surface area contributed by atoms with Crippen molar-refractivity contribution >= 4 is 27.3 Å². The third-order valence-electron chi connectivity index (χ3n) is 6.77. The molecule has 1 aliphatic rings. The predicted octanol–water partition coefficient (Wildman–Crippen LogP) is 7.24. The van der Waals surface area contributed by atoms with E-state index in [0.29, 0.717) is 25.9 Å². The van der Waals surface area contributed by atoms with E-state index in [1.807, 2.05) is 23.5 Å². The molecule has 0 unspecified atom stereocenters. The van der Waals surface area contributed by atoms with Crippen LogP contribution >= 0.6 is 11.3 Å². The highest BCUT2D eigenvalue weighted by atomic mass is 32.1. The second-order valence-electron chi connectivity index (χ2n) is 9.72. The molecule has 5 rings (SSSR count). The van der Waals surface area contributed by atoms with Gasteiger partial charge in [0, 0.05) is 48.6 Å². The van der Waals surface area contributed by atoms with Gasteiger partial charge in [-0.2, -0.15) is 13.2 Å². The number of hydrogen-bond acceptors (Lipinski definition) is 4. The first-order chi connectivity index (χ1) is 18.3. The molecule has 0 saturated carbocycles. The molecule has 198 valence electrons. The molecule has 38 heavy (non-hydrogen) atoms. The lowest BCUT2D eigenvalue weighted by Gasteiger charge is -2.32. The van der Waals surface area contributed by atoms with Gasteiger partial charge in [-0.25, -0.2) is 0 Å². The topological polar surface area (TPSA) is 32.8 Å². The van der Waals surface area contributed by atoms with Crippen LogP contribution in [0.15, 0.2) is 78.9 Å². The molecule has 0 N–H and O–H groups in total. The molecular formula is C30H29F3N2O2S. The number of carbonyl (C=O) groups is 1. The molecule has 1 aromatic heterocycles. The SMILES string of the molecule is CN(Cc1ccc(OC2CCN(C(=O)c3ccccc3C(F)(F)F)CC2)cc1)Cc1cc2ccccc2s1. The maximum absolute atomic E-state index is 13.3. The van der Waals surface area contributed by atoms with Crippen LogP contribution in [0.4, 0.5) is 13.2 Å². The summed E-state index contributed by atoms with van der Waals surface area (Å²) in [5.41, 5.74) is -0.00471. The van der Waals surface area contributed by atoms with Crippen LogP contribution in [-0.4, -0.2) is 41.9 Å². The van der Waals surface area contributed by atoms with Gasteiger partial charge in [-0.05, 0) is 54.4 Å². The summed E-state index contributed by atoms with van der Waals surface area (Å²) < 4.78 is 47.4. The average Bonchev–Trinajstić information content (AvgIpc) is 3.31. The number of nitrogens with zero attached hydrogens (tertiary/aromatic N) is 2. The number of benzene rings is 3. The zero-order valence-corrected chi connectivity index (χ0v) is 21.9. The minimum absolute atomic E-state index is 0.0848. The summed E-state index contributed by atoms with van der Waals surface area (Å²) in [5, 5.41) is 1.28. The van der Waals surface area contributed by atoms with Crippen LogP contribution in [0.1, 0.15) is 39.2 Å². The zero-order chi connectivity index (χ0) is 26.7. The van der Waals surface area contributed by atoms with E-state index in [1.54, 1.807) is 0 Å².